The molecule has 0 spiro atoms. The summed E-state index contributed by atoms with van der Waals surface area (Å²) < 4.78 is 5.38. The molecular weight excluding hydrogens is 236 g/mol. The number of carbonyl (C=O) groups excluding carboxylic acids is 1. The van der Waals surface area contributed by atoms with Gasteiger partial charge < -0.3 is 20.1 Å². The molecule has 2 rings (SSSR count). The van der Waals surface area contributed by atoms with Gasteiger partial charge in [0, 0.05) is 25.6 Å². The molecule has 2 heterocycles. The number of hydrogen-bond acceptors (Lipinski definition) is 3. The van der Waals surface area contributed by atoms with Gasteiger partial charge in [-0.3, -0.25) is 4.79 Å². The van der Waals surface area contributed by atoms with Crippen LogP contribution in [0.1, 0.15) is 20.3 Å². The van der Waals surface area contributed by atoms with Crippen molar-refractivity contribution in [1.82, 2.24) is 10.2 Å². The summed E-state index contributed by atoms with van der Waals surface area (Å²) >= 11 is 0. The molecule has 2 aliphatic heterocycles. The molecule has 0 aliphatic carbocycles. The number of carbonyl (C=O) groups is 2. The number of nitrogens with zero attached hydrogens (tertiary/aromatic N) is 1. The molecule has 6 heteroatoms. The van der Waals surface area contributed by atoms with E-state index in [0.717, 1.165) is 6.42 Å². The van der Waals surface area contributed by atoms with E-state index in [1.807, 2.05) is 6.92 Å². The van der Waals surface area contributed by atoms with Crippen LogP contribution in [0, 0.1) is 11.8 Å². The Morgan fingerprint density at radius 1 is 1.44 bits per heavy atom. The highest BCUT2D eigenvalue weighted by Gasteiger charge is 2.38. The van der Waals surface area contributed by atoms with Crippen molar-refractivity contribution in [3.05, 3.63) is 0 Å². The molecular formula is C12H20N2O4. The molecule has 3 unspecified atom stereocenters. The molecule has 102 valence electrons. The number of rotatable bonds is 3. The Bertz CT molecular complexity index is 341. The molecule has 0 radical (unpaired) electrons. The van der Waals surface area contributed by atoms with Crippen LogP contribution in [0.4, 0.5) is 4.79 Å². The number of amides is 2. The molecule has 18 heavy (non-hydrogen) atoms. The molecule has 2 amide bonds. The van der Waals surface area contributed by atoms with Crippen LogP contribution in [0.3, 0.4) is 0 Å². The molecule has 2 aliphatic rings. The van der Waals surface area contributed by atoms with Gasteiger partial charge in [-0.15, -0.1) is 0 Å². The lowest BCUT2D eigenvalue weighted by molar-refractivity contribution is -0.144. The quantitative estimate of drug-likeness (QED) is 0.772. The maximum absolute atomic E-state index is 11.9. The lowest BCUT2D eigenvalue weighted by atomic mass is 9.87. The van der Waals surface area contributed by atoms with E-state index in [0.29, 0.717) is 19.7 Å². The van der Waals surface area contributed by atoms with Crippen molar-refractivity contribution in [2.75, 3.05) is 19.7 Å². The highest BCUT2D eigenvalue weighted by atomic mass is 16.5. The zero-order chi connectivity index (χ0) is 13.3. The van der Waals surface area contributed by atoms with E-state index < -0.39 is 5.97 Å². The van der Waals surface area contributed by atoms with Crippen molar-refractivity contribution in [2.45, 2.75) is 32.4 Å². The van der Waals surface area contributed by atoms with Gasteiger partial charge >= 0.3 is 12.0 Å². The molecule has 0 aromatic rings. The van der Waals surface area contributed by atoms with Gasteiger partial charge in [-0.05, 0) is 13.3 Å². The minimum absolute atomic E-state index is 0.0592. The third-order valence-electron chi connectivity index (χ3n) is 3.98. The first-order valence-corrected chi connectivity index (χ1v) is 6.39. The van der Waals surface area contributed by atoms with Gasteiger partial charge in [-0.1, -0.05) is 6.92 Å². The van der Waals surface area contributed by atoms with E-state index in [-0.39, 0.29) is 30.0 Å². The van der Waals surface area contributed by atoms with E-state index in [4.69, 9.17) is 9.84 Å². The summed E-state index contributed by atoms with van der Waals surface area (Å²) in [5.41, 5.74) is 0. The van der Waals surface area contributed by atoms with Crippen LogP contribution in [0.2, 0.25) is 0 Å². The van der Waals surface area contributed by atoms with Gasteiger partial charge in [0.1, 0.15) is 0 Å². The molecule has 0 aromatic heterocycles. The second-order valence-corrected chi connectivity index (χ2v) is 5.21. The van der Waals surface area contributed by atoms with E-state index in [2.05, 4.69) is 5.32 Å². The van der Waals surface area contributed by atoms with Gasteiger partial charge in [0.05, 0.1) is 18.1 Å². The van der Waals surface area contributed by atoms with Crippen LogP contribution in [0.25, 0.3) is 0 Å². The summed E-state index contributed by atoms with van der Waals surface area (Å²) in [5.74, 6) is -1.11. The predicted octanol–water partition coefficient (Wildman–Crippen LogP) is 0.526. The second-order valence-electron chi connectivity index (χ2n) is 5.21. The Kier molecular flexibility index (Phi) is 3.75. The van der Waals surface area contributed by atoms with Gasteiger partial charge in [0.2, 0.25) is 0 Å². The van der Waals surface area contributed by atoms with Crippen molar-refractivity contribution in [3.8, 4) is 0 Å². The summed E-state index contributed by atoms with van der Waals surface area (Å²) in [7, 11) is 0. The minimum atomic E-state index is -0.794. The van der Waals surface area contributed by atoms with E-state index in [1.54, 1.807) is 11.8 Å². The lowest BCUT2D eigenvalue weighted by Gasteiger charge is -2.41. The normalized spacial score (nSPS) is 29.8. The predicted molar refractivity (Wildman–Crippen MR) is 64.2 cm³/mol. The Hall–Kier alpha value is -1.30. The number of likely N-dealkylation sites (tertiary alicyclic amines) is 1. The molecule has 2 N–H and O–H groups in total. The minimum Gasteiger partial charge on any atom is -0.481 e. The number of carboxylic acid groups (broad SMARTS) is 1. The van der Waals surface area contributed by atoms with Crippen LogP contribution >= 0.6 is 0 Å². The zero-order valence-electron chi connectivity index (χ0n) is 10.8. The smallest absolute Gasteiger partial charge is 0.317 e. The highest BCUT2D eigenvalue weighted by molar-refractivity contribution is 5.76. The maximum Gasteiger partial charge on any atom is 0.317 e. The highest BCUT2D eigenvalue weighted by Crippen LogP contribution is 2.24. The molecule has 2 saturated heterocycles. The third kappa shape index (κ3) is 2.58. The van der Waals surface area contributed by atoms with Gasteiger partial charge in [-0.2, -0.15) is 0 Å². The Morgan fingerprint density at radius 2 is 2.11 bits per heavy atom. The van der Waals surface area contributed by atoms with E-state index >= 15 is 0 Å². The fraction of sp³-hybridized carbons (Fsp3) is 0.833. The molecule has 0 saturated carbocycles. The summed E-state index contributed by atoms with van der Waals surface area (Å²) in [6.07, 6.45) is 0.902. The Balaban J connectivity index is 1.74. The summed E-state index contributed by atoms with van der Waals surface area (Å²) in [6.45, 7) is 5.38. The molecule has 3 atom stereocenters. The number of carboxylic acids is 1. The second kappa shape index (κ2) is 5.14. The average molecular weight is 256 g/mol. The number of urea groups is 1. The lowest BCUT2D eigenvalue weighted by Crippen LogP contribution is -2.58. The zero-order valence-corrected chi connectivity index (χ0v) is 10.8. The molecule has 0 aromatic carbocycles. The fourth-order valence-corrected chi connectivity index (χ4v) is 2.37. The number of aliphatic carboxylic acids is 1. The van der Waals surface area contributed by atoms with Crippen LogP contribution in [0.5, 0.6) is 0 Å². The largest absolute Gasteiger partial charge is 0.481 e. The molecule has 6 nitrogen and oxygen atoms in total. The monoisotopic (exact) mass is 256 g/mol. The van der Waals surface area contributed by atoms with E-state index in [1.165, 1.54) is 0 Å². The maximum atomic E-state index is 11.9. The van der Waals surface area contributed by atoms with E-state index in [9.17, 15) is 9.59 Å². The van der Waals surface area contributed by atoms with Crippen molar-refractivity contribution in [2.24, 2.45) is 11.8 Å². The van der Waals surface area contributed by atoms with Crippen LogP contribution < -0.4 is 5.32 Å². The molecule has 0 bridgehead atoms. The van der Waals surface area contributed by atoms with Crippen molar-refractivity contribution >= 4 is 12.0 Å². The van der Waals surface area contributed by atoms with Crippen LogP contribution in [0.15, 0.2) is 0 Å². The number of nitrogens with one attached hydrogen (secondary N) is 1. The summed E-state index contributed by atoms with van der Waals surface area (Å²) in [4.78, 5) is 24.3. The van der Waals surface area contributed by atoms with Crippen molar-refractivity contribution in [3.63, 3.8) is 0 Å². The average Bonchev–Trinajstić information content (AvgIpc) is 2.62. The first-order chi connectivity index (χ1) is 8.49. The van der Waals surface area contributed by atoms with Gasteiger partial charge in [0.25, 0.3) is 0 Å². The fourth-order valence-electron chi connectivity index (χ4n) is 2.37. The molecule has 2 fully saturated rings. The first-order valence-electron chi connectivity index (χ1n) is 6.39. The number of hydrogen-bond donors (Lipinski definition) is 2. The standard InChI is InChI=1S/C12H20N2O4/c1-7(11(15)16)9-5-14(6-9)12(17)13-10-3-4-18-8(10)2/h7-10H,3-6H2,1-2H3,(H,13,17)(H,15,16). The van der Waals surface area contributed by atoms with Crippen LogP contribution in [-0.4, -0.2) is 53.8 Å². The van der Waals surface area contributed by atoms with Gasteiger partial charge in [0.15, 0.2) is 0 Å². The summed E-state index contributed by atoms with van der Waals surface area (Å²) in [6, 6.07) is -0.0281. The number of ether oxygens (including phenoxy) is 1. The topological polar surface area (TPSA) is 78.9 Å². The van der Waals surface area contributed by atoms with Crippen molar-refractivity contribution < 1.29 is 19.4 Å². The Morgan fingerprint density at radius 3 is 2.61 bits per heavy atom. The van der Waals surface area contributed by atoms with Crippen molar-refractivity contribution in [1.29, 1.82) is 0 Å². The Labute approximate surface area is 106 Å². The van der Waals surface area contributed by atoms with Crippen LogP contribution in [-0.2, 0) is 9.53 Å². The summed E-state index contributed by atoms with van der Waals surface area (Å²) in [5, 5.41) is 11.8. The SMILES string of the molecule is CC1OCCC1NC(=O)N1CC(C(C)C(=O)O)C1. The van der Waals surface area contributed by atoms with Gasteiger partial charge in [-0.25, -0.2) is 4.79 Å². The first kappa shape index (κ1) is 13.1. The third-order valence-corrected chi connectivity index (χ3v) is 3.98.